The molecule has 0 saturated carbocycles. The first-order valence-electron chi connectivity index (χ1n) is 12.7. The molecule has 1 aromatic carbocycles. The Balaban J connectivity index is 1.28. The summed E-state index contributed by atoms with van der Waals surface area (Å²) in [5.41, 5.74) is 3.78. The quantitative estimate of drug-likeness (QED) is 0.511. The van der Waals surface area contributed by atoms with Gasteiger partial charge in [-0.1, -0.05) is 26.0 Å². The topological polar surface area (TPSA) is 75.0 Å². The zero-order valence-corrected chi connectivity index (χ0v) is 21.4. The molecule has 0 N–H and O–H groups in total. The molecule has 0 bridgehead atoms. The largest absolute Gasteiger partial charge is 0.339 e. The van der Waals surface area contributed by atoms with Crippen molar-refractivity contribution in [3.8, 4) is 0 Å². The van der Waals surface area contributed by atoms with Crippen molar-refractivity contribution < 1.29 is 13.2 Å². The molecular weight excluding hydrogens is 460 g/mol. The Hall–Kier alpha value is -2.71. The molecule has 0 unspecified atom stereocenters. The van der Waals surface area contributed by atoms with Gasteiger partial charge in [-0.05, 0) is 79.3 Å². The van der Waals surface area contributed by atoms with E-state index in [1.165, 1.54) is 0 Å². The summed E-state index contributed by atoms with van der Waals surface area (Å²) in [6.07, 6.45) is 8.14. The molecular formula is C27H34N4O3S. The highest BCUT2D eigenvalue weighted by Gasteiger charge is 2.30. The lowest BCUT2D eigenvalue weighted by molar-refractivity contribution is 0.0794. The fraction of sp³-hybridized carbons (Fsp3) is 0.481. The number of hydrogen-bond donors (Lipinski definition) is 0. The minimum Gasteiger partial charge on any atom is -0.339 e. The molecule has 2 aromatic heterocycles. The molecule has 0 spiro atoms. The molecule has 3 aromatic rings. The molecule has 2 aliphatic heterocycles. The highest BCUT2D eigenvalue weighted by Crippen LogP contribution is 2.32. The van der Waals surface area contributed by atoms with Crippen molar-refractivity contribution in [2.24, 2.45) is 5.92 Å². The van der Waals surface area contributed by atoms with Gasteiger partial charge in [-0.25, -0.2) is 12.9 Å². The van der Waals surface area contributed by atoms with Gasteiger partial charge in [0.05, 0.1) is 22.2 Å². The average Bonchev–Trinajstić information content (AvgIpc) is 3.54. The Bertz CT molecular complexity index is 1300. The number of aromatic nitrogens is 2. The monoisotopic (exact) mass is 494 g/mol. The Labute approximate surface area is 207 Å². The van der Waals surface area contributed by atoms with E-state index >= 15 is 0 Å². The van der Waals surface area contributed by atoms with Crippen LogP contribution in [0.5, 0.6) is 0 Å². The highest BCUT2D eigenvalue weighted by molar-refractivity contribution is 7.89. The van der Waals surface area contributed by atoms with Gasteiger partial charge in [0.1, 0.15) is 0 Å². The predicted octanol–water partition coefficient (Wildman–Crippen LogP) is 4.34. The first-order chi connectivity index (χ1) is 16.8. The van der Waals surface area contributed by atoms with E-state index in [0.717, 1.165) is 61.8 Å². The van der Waals surface area contributed by atoms with Gasteiger partial charge in [0.25, 0.3) is 5.91 Å². The molecule has 35 heavy (non-hydrogen) atoms. The third-order valence-electron chi connectivity index (χ3n) is 7.30. The van der Waals surface area contributed by atoms with E-state index in [9.17, 15) is 13.2 Å². The van der Waals surface area contributed by atoms with Gasteiger partial charge in [-0.15, -0.1) is 0 Å². The van der Waals surface area contributed by atoms with Gasteiger partial charge < -0.3 is 4.90 Å². The van der Waals surface area contributed by atoms with E-state index in [4.69, 9.17) is 0 Å². The van der Waals surface area contributed by atoms with Gasteiger partial charge in [0, 0.05) is 32.4 Å². The second kappa shape index (κ2) is 9.74. The van der Waals surface area contributed by atoms with Crippen LogP contribution in [0.3, 0.4) is 0 Å². The molecule has 5 rings (SSSR count). The van der Waals surface area contributed by atoms with Crippen LogP contribution in [0.2, 0.25) is 0 Å². The summed E-state index contributed by atoms with van der Waals surface area (Å²) in [4.78, 5) is 15.2. The zero-order valence-electron chi connectivity index (χ0n) is 20.6. The van der Waals surface area contributed by atoms with Crippen LogP contribution in [0, 0.1) is 5.92 Å². The number of piperidine rings is 1. The van der Waals surface area contributed by atoms with E-state index in [1.54, 1.807) is 27.2 Å². The van der Waals surface area contributed by atoms with Crippen molar-refractivity contribution in [3.63, 3.8) is 0 Å². The Morgan fingerprint density at radius 1 is 1.03 bits per heavy atom. The van der Waals surface area contributed by atoms with E-state index < -0.39 is 10.0 Å². The van der Waals surface area contributed by atoms with Crippen molar-refractivity contribution in [2.45, 2.75) is 56.8 Å². The fourth-order valence-electron chi connectivity index (χ4n) is 5.35. The number of carbonyl (C=O) groups is 1. The zero-order chi connectivity index (χ0) is 24.6. The van der Waals surface area contributed by atoms with Crippen LogP contribution in [-0.4, -0.2) is 59.3 Å². The number of likely N-dealkylation sites (tertiary alicyclic amines) is 1. The van der Waals surface area contributed by atoms with E-state index in [0.29, 0.717) is 29.5 Å². The number of rotatable bonds is 6. The maximum Gasteiger partial charge on any atom is 0.257 e. The number of hydrogen-bond acceptors (Lipinski definition) is 4. The van der Waals surface area contributed by atoms with Gasteiger partial charge >= 0.3 is 0 Å². The second-order valence-electron chi connectivity index (χ2n) is 10.3. The predicted molar refractivity (Wildman–Crippen MR) is 136 cm³/mol. The number of fused-ring (bicyclic) bond motifs is 1. The van der Waals surface area contributed by atoms with Crippen LogP contribution in [-0.2, 0) is 16.4 Å². The number of nitrogens with zero attached hydrogens (tertiary/aromatic N) is 4. The summed E-state index contributed by atoms with van der Waals surface area (Å²) in [7, 11) is -3.50. The van der Waals surface area contributed by atoms with Crippen LogP contribution in [0.25, 0.3) is 5.52 Å². The maximum absolute atomic E-state index is 13.2. The van der Waals surface area contributed by atoms with Crippen LogP contribution < -0.4 is 0 Å². The Kier molecular flexibility index (Phi) is 6.68. The van der Waals surface area contributed by atoms with Gasteiger partial charge in [0.2, 0.25) is 10.0 Å². The molecule has 186 valence electrons. The fourth-order valence-corrected chi connectivity index (χ4v) is 6.82. The number of pyridine rings is 1. The van der Waals surface area contributed by atoms with E-state index in [1.807, 2.05) is 29.3 Å². The lowest BCUT2D eigenvalue weighted by atomic mass is 9.90. The molecule has 4 heterocycles. The van der Waals surface area contributed by atoms with Crippen molar-refractivity contribution >= 4 is 21.4 Å². The van der Waals surface area contributed by atoms with Crippen molar-refractivity contribution in [1.29, 1.82) is 0 Å². The summed E-state index contributed by atoms with van der Waals surface area (Å²) in [5, 5.41) is 4.38. The molecule has 7 nitrogen and oxygen atoms in total. The number of amides is 1. The molecule has 1 amide bonds. The van der Waals surface area contributed by atoms with Crippen LogP contribution in [0.15, 0.2) is 53.7 Å². The Morgan fingerprint density at radius 2 is 1.71 bits per heavy atom. The summed E-state index contributed by atoms with van der Waals surface area (Å²) in [5.74, 6) is 0.840. The lowest BCUT2D eigenvalue weighted by Gasteiger charge is -2.31. The van der Waals surface area contributed by atoms with Crippen molar-refractivity contribution in [3.05, 3.63) is 65.5 Å². The first kappa shape index (κ1) is 24.0. The third-order valence-corrected chi connectivity index (χ3v) is 9.21. The molecule has 0 aliphatic carbocycles. The highest BCUT2D eigenvalue weighted by atomic mass is 32.2. The van der Waals surface area contributed by atoms with Crippen molar-refractivity contribution in [2.75, 3.05) is 26.2 Å². The summed E-state index contributed by atoms with van der Waals surface area (Å²) < 4.78 is 29.8. The molecule has 2 saturated heterocycles. The van der Waals surface area contributed by atoms with E-state index in [-0.39, 0.29) is 11.8 Å². The average molecular weight is 495 g/mol. The van der Waals surface area contributed by atoms with Crippen molar-refractivity contribution in [1.82, 2.24) is 18.8 Å². The first-order valence-corrected chi connectivity index (χ1v) is 14.1. The summed E-state index contributed by atoms with van der Waals surface area (Å²) in [6, 6.07) is 11.5. The Morgan fingerprint density at radius 3 is 2.37 bits per heavy atom. The molecule has 8 heteroatoms. The molecule has 2 fully saturated rings. The smallest absolute Gasteiger partial charge is 0.257 e. The minimum atomic E-state index is -3.50. The van der Waals surface area contributed by atoms with E-state index in [2.05, 4.69) is 25.0 Å². The number of sulfonamides is 1. The second-order valence-corrected chi connectivity index (χ2v) is 12.2. The van der Waals surface area contributed by atoms with Crippen LogP contribution in [0.1, 0.15) is 66.9 Å². The third kappa shape index (κ3) is 4.86. The normalized spacial score (nSPS) is 18.1. The summed E-state index contributed by atoms with van der Waals surface area (Å²) in [6.45, 7) is 6.92. The number of benzene rings is 1. The maximum atomic E-state index is 13.2. The molecule has 2 aliphatic rings. The summed E-state index contributed by atoms with van der Waals surface area (Å²) >= 11 is 0. The van der Waals surface area contributed by atoms with Gasteiger partial charge in [-0.3, -0.25) is 4.79 Å². The SMILES string of the molecule is CC(C)Cc1ccc(S(=O)(=O)N2CCC(c3ccn4ncc(C(=O)N5CCCC5)c4c3)CC2)cc1. The minimum absolute atomic E-state index is 0.0509. The number of carbonyl (C=O) groups excluding carboxylic acids is 1. The molecule has 0 radical (unpaired) electrons. The van der Waals surface area contributed by atoms with Gasteiger partial charge in [-0.2, -0.15) is 9.40 Å². The van der Waals surface area contributed by atoms with Gasteiger partial charge in [0.15, 0.2) is 0 Å². The van der Waals surface area contributed by atoms with Crippen LogP contribution >= 0.6 is 0 Å². The lowest BCUT2D eigenvalue weighted by Crippen LogP contribution is -2.37. The molecule has 0 atom stereocenters. The van der Waals surface area contributed by atoms with Crippen LogP contribution in [0.4, 0.5) is 0 Å². The standard InChI is InChI=1S/C27H34N4O3S/c1-20(2)17-21-5-7-24(8-6-21)35(33,34)30-14-9-22(10-15-30)23-11-16-31-26(18-23)25(19-28-31)27(32)29-12-3-4-13-29/h5-8,11,16,18-20,22H,3-4,9-10,12-15,17H2,1-2H3.